The van der Waals surface area contributed by atoms with Gasteiger partial charge in [0, 0.05) is 6.04 Å². The van der Waals surface area contributed by atoms with E-state index in [0.29, 0.717) is 4.34 Å². The lowest BCUT2D eigenvalue weighted by Gasteiger charge is -2.14. The average Bonchev–Trinajstić information content (AvgIpc) is 2.83. The minimum atomic E-state index is -4.30. The van der Waals surface area contributed by atoms with Crippen LogP contribution in [0, 0.1) is 0 Å². The van der Waals surface area contributed by atoms with Crippen molar-refractivity contribution in [3.8, 4) is 0 Å². The Morgan fingerprint density at radius 1 is 1.38 bits per heavy atom. The number of nitrogens with zero attached hydrogens (tertiary/aromatic N) is 2. The molecule has 2 N–H and O–H groups in total. The highest BCUT2D eigenvalue weighted by molar-refractivity contribution is 8.02. The molecule has 5 nitrogen and oxygen atoms in total. The first kappa shape index (κ1) is 18.0. The van der Waals surface area contributed by atoms with E-state index in [4.69, 9.17) is 0 Å². The van der Waals surface area contributed by atoms with Gasteiger partial charge in [0.2, 0.25) is 11.0 Å². The molecule has 1 amide bonds. The van der Waals surface area contributed by atoms with Crippen molar-refractivity contribution in [3.63, 3.8) is 0 Å². The van der Waals surface area contributed by atoms with Crippen LogP contribution in [0.15, 0.2) is 4.34 Å². The van der Waals surface area contributed by atoms with Gasteiger partial charge in [-0.1, -0.05) is 30.0 Å². The number of thioether (sulfide) groups is 1. The van der Waals surface area contributed by atoms with Crippen LogP contribution in [0.2, 0.25) is 0 Å². The molecule has 0 fully saturated rings. The zero-order valence-corrected chi connectivity index (χ0v) is 13.5. The number of amides is 1. The largest absolute Gasteiger partial charge is 0.405 e. The number of hydrogen-bond donors (Lipinski definition) is 2. The van der Waals surface area contributed by atoms with Crippen LogP contribution in [0.25, 0.3) is 0 Å². The van der Waals surface area contributed by atoms with Gasteiger partial charge in [0.1, 0.15) is 6.54 Å². The lowest BCUT2D eigenvalue weighted by atomic mass is 10.2. The molecule has 0 unspecified atom stereocenters. The summed E-state index contributed by atoms with van der Waals surface area (Å²) in [6.07, 6.45) is -3.48. The number of hydrogen-bond acceptors (Lipinski definition) is 6. The lowest BCUT2D eigenvalue weighted by molar-refractivity contribution is -0.121. The summed E-state index contributed by atoms with van der Waals surface area (Å²) in [6, 6.07) is 0.0824. The Labute approximate surface area is 129 Å². The Morgan fingerprint density at radius 3 is 2.62 bits per heavy atom. The van der Waals surface area contributed by atoms with Crippen LogP contribution < -0.4 is 10.6 Å². The molecule has 0 saturated carbocycles. The summed E-state index contributed by atoms with van der Waals surface area (Å²) in [5, 5.41) is 12.1. The molecule has 120 valence electrons. The molecule has 1 aromatic heterocycles. The molecule has 0 aliphatic heterocycles. The smallest absolute Gasteiger partial charge is 0.353 e. The van der Waals surface area contributed by atoms with Gasteiger partial charge in [-0.05, 0) is 20.3 Å². The molecular formula is C11H17F3N4OS2. The fraction of sp³-hybridized carbons (Fsp3) is 0.727. The van der Waals surface area contributed by atoms with Gasteiger partial charge >= 0.3 is 6.18 Å². The van der Waals surface area contributed by atoms with E-state index < -0.39 is 12.7 Å². The fourth-order valence-corrected chi connectivity index (χ4v) is 3.07. The Hall–Kier alpha value is -1.03. The predicted octanol–water partition coefficient (Wildman–Crippen LogP) is 2.91. The monoisotopic (exact) mass is 342 g/mol. The summed E-state index contributed by atoms with van der Waals surface area (Å²) < 4.78 is 36.6. The molecule has 1 heterocycles. The van der Waals surface area contributed by atoms with Gasteiger partial charge in [-0.15, -0.1) is 10.2 Å². The number of carbonyl (C=O) groups is 1. The Morgan fingerprint density at radius 2 is 2.05 bits per heavy atom. The number of anilines is 1. The van der Waals surface area contributed by atoms with Gasteiger partial charge in [0.15, 0.2) is 4.34 Å². The predicted molar refractivity (Wildman–Crippen MR) is 77.7 cm³/mol. The van der Waals surface area contributed by atoms with E-state index in [1.165, 1.54) is 11.8 Å². The maximum atomic E-state index is 12.1. The number of rotatable bonds is 7. The van der Waals surface area contributed by atoms with E-state index in [0.717, 1.165) is 17.8 Å². The van der Waals surface area contributed by atoms with Crippen molar-refractivity contribution in [1.82, 2.24) is 15.5 Å². The summed E-state index contributed by atoms with van der Waals surface area (Å²) in [5.74, 6) is -0.130. The fourth-order valence-electron chi connectivity index (χ4n) is 1.17. The van der Waals surface area contributed by atoms with Crippen LogP contribution in [-0.4, -0.2) is 40.1 Å². The normalized spacial score (nSPS) is 14.6. The van der Waals surface area contributed by atoms with E-state index in [1.807, 2.05) is 13.8 Å². The highest BCUT2D eigenvalue weighted by Crippen LogP contribution is 2.29. The molecule has 0 aromatic carbocycles. The summed E-state index contributed by atoms with van der Waals surface area (Å²) in [4.78, 5) is 11.8. The van der Waals surface area contributed by atoms with E-state index in [1.54, 1.807) is 6.92 Å². The maximum absolute atomic E-state index is 12.1. The number of alkyl halides is 3. The Kier molecular flexibility index (Phi) is 6.72. The summed E-state index contributed by atoms with van der Waals surface area (Å²) in [7, 11) is 0. The van der Waals surface area contributed by atoms with Crippen molar-refractivity contribution in [1.29, 1.82) is 0 Å². The second-order valence-electron chi connectivity index (χ2n) is 4.42. The van der Waals surface area contributed by atoms with Gasteiger partial charge in [-0.3, -0.25) is 4.79 Å². The molecule has 21 heavy (non-hydrogen) atoms. The van der Waals surface area contributed by atoms with Crippen LogP contribution >= 0.6 is 23.1 Å². The second kappa shape index (κ2) is 7.83. The van der Waals surface area contributed by atoms with Crippen molar-refractivity contribution in [2.45, 2.75) is 49.0 Å². The van der Waals surface area contributed by atoms with Gasteiger partial charge in [-0.25, -0.2) is 0 Å². The van der Waals surface area contributed by atoms with E-state index >= 15 is 0 Å². The van der Waals surface area contributed by atoms with Gasteiger partial charge < -0.3 is 10.6 Å². The summed E-state index contributed by atoms with van der Waals surface area (Å²) >= 11 is 2.16. The SMILES string of the molecule is CC[C@@H](C)NC(=O)[C@H](C)Sc1nnc(NCC(F)(F)F)s1. The lowest BCUT2D eigenvalue weighted by Crippen LogP contribution is -2.37. The Balaban J connectivity index is 2.48. The van der Waals surface area contributed by atoms with Crippen molar-refractivity contribution in [2.75, 3.05) is 11.9 Å². The zero-order valence-electron chi connectivity index (χ0n) is 11.8. The molecule has 0 bridgehead atoms. The molecule has 0 aliphatic rings. The van der Waals surface area contributed by atoms with Crippen molar-refractivity contribution in [3.05, 3.63) is 0 Å². The highest BCUT2D eigenvalue weighted by atomic mass is 32.2. The molecule has 1 aromatic rings. The topological polar surface area (TPSA) is 66.9 Å². The minimum absolute atomic E-state index is 0.0824. The standard InChI is InChI=1S/C11H17F3N4OS2/c1-4-6(2)16-8(19)7(3)20-10-18-17-9(21-10)15-5-11(12,13)14/h6-7H,4-5H2,1-3H3,(H,15,17)(H,16,19)/t6-,7+/m1/s1. The third-order valence-corrected chi connectivity index (χ3v) is 4.56. The molecule has 0 spiro atoms. The average molecular weight is 342 g/mol. The maximum Gasteiger partial charge on any atom is 0.405 e. The van der Waals surface area contributed by atoms with Crippen LogP contribution in [0.3, 0.4) is 0 Å². The van der Waals surface area contributed by atoms with Crippen molar-refractivity contribution >= 4 is 34.1 Å². The zero-order chi connectivity index (χ0) is 16.0. The molecule has 10 heteroatoms. The first-order valence-corrected chi connectivity index (χ1v) is 8.02. The number of nitrogens with one attached hydrogen (secondary N) is 2. The second-order valence-corrected chi connectivity index (χ2v) is 6.99. The number of aromatic nitrogens is 2. The molecule has 1 rings (SSSR count). The van der Waals surface area contributed by atoms with E-state index in [2.05, 4.69) is 20.8 Å². The molecule has 0 saturated heterocycles. The summed E-state index contributed by atoms with van der Waals surface area (Å²) in [5.41, 5.74) is 0. The number of halogens is 3. The molecule has 2 atom stereocenters. The van der Waals surface area contributed by atoms with Gasteiger partial charge in [0.25, 0.3) is 0 Å². The van der Waals surface area contributed by atoms with Crippen LogP contribution in [0.5, 0.6) is 0 Å². The van der Waals surface area contributed by atoms with Crippen molar-refractivity contribution < 1.29 is 18.0 Å². The highest BCUT2D eigenvalue weighted by Gasteiger charge is 2.27. The van der Waals surface area contributed by atoms with Crippen LogP contribution in [0.1, 0.15) is 27.2 Å². The van der Waals surface area contributed by atoms with Gasteiger partial charge in [0.05, 0.1) is 5.25 Å². The first-order chi connectivity index (χ1) is 9.71. The Bertz CT molecular complexity index is 467. The van der Waals surface area contributed by atoms with Gasteiger partial charge in [-0.2, -0.15) is 13.2 Å². The third-order valence-electron chi connectivity index (χ3n) is 2.49. The van der Waals surface area contributed by atoms with Crippen LogP contribution in [-0.2, 0) is 4.79 Å². The van der Waals surface area contributed by atoms with E-state index in [9.17, 15) is 18.0 Å². The van der Waals surface area contributed by atoms with Crippen molar-refractivity contribution in [2.24, 2.45) is 0 Å². The van der Waals surface area contributed by atoms with E-state index in [-0.39, 0.29) is 22.3 Å². The summed E-state index contributed by atoms with van der Waals surface area (Å²) in [6.45, 7) is 4.43. The third kappa shape index (κ3) is 6.98. The molecule has 0 aliphatic carbocycles. The quantitative estimate of drug-likeness (QED) is 0.746. The minimum Gasteiger partial charge on any atom is -0.353 e. The number of carbonyl (C=O) groups excluding carboxylic acids is 1. The van der Waals surface area contributed by atoms with Crippen LogP contribution in [0.4, 0.5) is 18.3 Å². The molecular weight excluding hydrogens is 325 g/mol. The molecule has 0 radical (unpaired) electrons. The first-order valence-electron chi connectivity index (χ1n) is 6.32.